The smallest absolute Gasteiger partial charge is 0.271 e. The molecule has 1 aliphatic rings. The quantitative estimate of drug-likeness (QED) is 0.622. The number of piperidine rings is 1. The summed E-state index contributed by atoms with van der Waals surface area (Å²) >= 11 is 0. The minimum atomic E-state index is -0.453. The van der Waals surface area contributed by atoms with E-state index < -0.39 is 4.92 Å². The van der Waals surface area contributed by atoms with E-state index in [4.69, 9.17) is 0 Å². The lowest BCUT2D eigenvalue weighted by Gasteiger charge is -2.35. The number of nitro benzene ring substituents is 1. The van der Waals surface area contributed by atoms with Crippen LogP contribution in [0.3, 0.4) is 0 Å². The predicted octanol–water partition coefficient (Wildman–Crippen LogP) is 2.63. The lowest BCUT2D eigenvalue weighted by molar-refractivity contribution is -0.384. The molecule has 1 atom stereocenters. The van der Waals surface area contributed by atoms with Gasteiger partial charge >= 0.3 is 0 Å². The average Bonchev–Trinajstić information content (AvgIpc) is 3.17. The number of benzene rings is 1. The van der Waals surface area contributed by atoms with E-state index in [0.717, 1.165) is 25.9 Å². The summed E-state index contributed by atoms with van der Waals surface area (Å²) in [6.07, 6.45) is 3.90. The fraction of sp³-hybridized carbons (Fsp3) is 0.474. The minimum absolute atomic E-state index is 0.0130. The third-order valence-corrected chi connectivity index (χ3v) is 4.96. The van der Waals surface area contributed by atoms with Crippen molar-refractivity contribution in [3.05, 3.63) is 52.3 Å². The molecule has 1 N–H and O–H groups in total. The van der Waals surface area contributed by atoms with Crippen LogP contribution in [0.4, 0.5) is 5.69 Å². The number of carbonyl (C=O) groups is 1. The van der Waals surface area contributed by atoms with Crippen LogP contribution in [0.15, 0.2) is 36.5 Å². The average molecular weight is 371 g/mol. The summed E-state index contributed by atoms with van der Waals surface area (Å²) in [6, 6.07) is 8.30. The molecule has 27 heavy (non-hydrogen) atoms. The zero-order valence-corrected chi connectivity index (χ0v) is 15.7. The van der Waals surface area contributed by atoms with Crippen LogP contribution in [0.2, 0.25) is 0 Å². The van der Waals surface area contributed by atoms with Crippen molar-refractivity contribution in [3.8, 4) is 5.69 Å². The van der Waals surface area contributed by atoms with Crippen molar-refractivity contribution < 1.29 is 9.72 Å². The Morgan fingerprint density at radius 1 is 1.41 bits per heavy atom. The van der Waals surface area contributed by atoms with Gasteiger partial charge in [0, 0.05) is 37.5 Å². The van der Waals surface area contributed by atoms with E-state index in [1.54, 1.807) is 24.4 Å². The Morgan fingerprint density at radius 2 is 2.22 bits per heavy atom. The number of non-ortho nitro benzene ring substituents is 1. The topological polar surface area (TPSA) is 93.3 Å². The zero-order valence-electron chi connectivity index (χ0n) is 15.7. The van der Waals surface area contributed by atoms with Crippen LogP contribution >= 0.6 is 0 Å². The molecular weight excluding hydrogens is 346 g/mol. The van der Waals surface area contributed by atoms with E-state index in [2.05, 4.69) is 29.2 Å². The number of carbonyl (C=O) groups excluding carboxylic acids is 1. The number of hydrogen-bond acceptors (Lipinski definition) is 5. The van der Waals surface area contributed by atoms with E-state index in [-0.39, 0.29) is 11.6 Å². The van der Waals surface area contributed by atoms with E-state index in [1.165, 1.54) is 16.8 Å². The third-order valence-electron chi connectivity index (χ3n) is 4.96. The van der Waals surface area contributed by atoms with Crippen molar-refractivity contribution in [3.63, 3.8) is 0 Å². The van der Waals surface area contributed by atoms with E-state index in [1.807, 2.05) is 0 Å². The first-order valence-corrected chi connectivity index (χ1v) is 9.27. The van der Waals surface area contributed by atoms with Crippen molar-refractivity contribution in [2.45, 2.75) is 32.7 Å². The minimum Gasteiger partial charge on any atom is -0.350 e. The Morgan fingerprint density at radius 3 is 2.96 bits per heavy atom. The summed E-state index contributed by atoms with van der Waals surface area (Å²) in [5.74, 6) is 0.227. The van der Waals surface area contributed by atoms with Gasteiger partial charge in [0.15, 0.2) is 5.69 Å². The van der Waals surface area contributed by atoms with Gasteiger partial charge in [-0.1, -0.05) is 6.07 Å². The fourth-order valence-electron chi connectivity index (χ4n) is 3.40. The third kappa shape index (κ3) is 4.71. The number of nitrogens with one attached hydrogen (secondary N) is 1. The molecule has 0 spiro atoms. The molecule has 1 aromatic heterocycles. The number of nitrogens with zero attached hydrogens (tertiary/aromatic N) is 4. The van der Waals surface area contributed by atoms with Crippen LogP contribution in [-0.2, 0) is 0 Å². The lowest BCUT2D eigenvalue weighted by Crippen LogP contribution is -2.43. The van der Waals surface area contributed by atoms with Crippen molar-refractivity contribution >= 4 is 11.6 Å². The Labute approximate surface area is 158 Å². The summed E-state index contributed by atoms with van der Waals surface area (Å²) in [5.41, 5.74) is 0.835. The molecule has 1 amide bonds. The number of rotatable bonds is 6. The molecule has 8 heteroatoms. The first-order valence-electron chi connectivity index (χ1n) is 9.27. The maximum atomic E-state index is 12.4. The number of hydrogen-bond donors (Lipinski definition) is 1. The first kappa shape index (κ1) is 19.0. The molecule has 0 saturated carbocycles. The van der Waals surface area contributed by atoms with Gasteiger partial charge in [-0.25, -0.2) is 4.68 Å². The number of amides is 1. The maximum Gasteiger partial charge on any atom is 0.271 e. The highest BCUT2D eigenvalue weighted by Gasteiger charge is 2.22. The Balaban J connectivity index is 1.60. The lowest BCUT2D eigenvalue weighted by atomic mass is 9.97. The van der Waals surface area contributed by atoms with Gasteiger partial charge in [-0.2, -0.15) is 5.10 Å². The highest BCUT2D eigenvalue weighted by Crippen LogP contribution is 2.18. The van der Waals surface area contributed by atoms with Gasteiger partial charge in [0.2, 0.25) is 0 Å². The van der Waals surface area contributed by atoms with Crippen molar-refractivity contribution in [1.29, 1.82) is 0 Å². The largest absolute Gasteiger partial charge is 0.350 e. The Bertz CT molecular complexity index is 817. The molecule has 0 radical (unpaired) electrons. The standard InChI is InChI=1S/C19H25N5O3/c1-14(2)22-9-4-5-15(13-22)12-20-19(25)18-8-10-23(21-18)16-6-3-7-17(11-16)24(26)27/h3,6-8,10-11,14-15H,4-5,9,12-13H2,1-2H3,(H,20,25)/t15-/m0/s1. The van der Waals surface area contributed by atoms with E-state index in [0.29, 0.717) is 29.9 Å². The van der Waals surface area contributed by atoms with E-state index in [9.17, 15) is 14.9 Å². The highest BCUT2D eigenvalue weighted by molar-refractivity contribution is 5.92. The van der Waals surface area contributed by atoms with Gasteiger partial charge in [0.25, 0.3) is 11.6 Å². The molecule has 0 bridgehead atoms. The maximum absolute atomic E-state index is 12.4. The van der Waals surface area contributed by atoms with Crippen LogP contribution in [0.1, 0.15) is 37.2 Å². The predicted molar refractivity (Wildman–Crippen MR) is 102 cm³/mol. The summed E-state index contributed by atoms with van der Waals surface area (Å²) in [5, 5.41) is 18.1. The van der Waals surface area contributed by atoms with Gasteiger partial charge in [0.05, 0.1) is 10.6 Å². The number of nitro groups is 1. The summed E-state index contributed by atoms with van der Waals surface area (Å²) in [4.78, 5) is 25.3. The second kappa shape index (κ2) is 8.30. The molecular formula is C19H25N5O3. The molecule has 1 saturated heterocycles. The van der Waals surface area contributed by atoms with Crippen molar-refractivity contribution in [1.82, 2.24) is 20.0 Å². The molecule has 8 nitrogen and oxygen atoms in total. The second-order valence-electron chi connectivity index (χ2n) is 7.23. The van der Waals surface area contributed by atoms with Gasteiger partial charge in [-0.05, 0) is 51.3 Å². The molecule has 144 valence electrons. The summed E-state index contributed by atoms with van der Waals surface area (Å²) in [7, 11) is 0. The van der Waals surface area contributed by atoms with Crippen LogP contribution in [0.5, 0.6) is 0 Å². The molecule has 2 heterocycles. The highest BCUT2D eigenvalue weighted by atomic mass is 16.6. The van der Waals surface area contributed by atoms with Gasteiger partial charge in [-0.3, -0.25) is 14.9 Å². The molecule has 0 unspecified atom stereocenters. The first-order chi connectivity index (χ1) is 12.9. The van der Waals surface area contributed by atoms with Crippen LogP contribution in [-0.4, -0.2) is 51.2 Å². The molecule has 3 rings (SSSR count). The Kier molecular flexibility index (Phi) is 5.85. The molecule has 1 aromatic carbocycles. The zero-order chi connectivity index (χ0) is 19.4. The molecule has 1 fully saturated rings. The summed E-state index contributed by atoms with van der Waals surface area (Å²) < 4.78 is 1.48. The van der Waals surface area contributed by atoms with Gasteiger partial charge in [0.1, 0.15) is 0 Å². The Hall–Kier alpha value is -2.74. The molecule has 1 aliphatic heterocycles. The van der Waals surface area contributed by atoms with Crippen molar-refractivity contribution in [2.75, 3.05) is 19.6 Å². The van der Waals surface area contributed by atoms with Gasteiger partial charge in [-0.15, -0.1) is 0 Å². The monoisotopic (exact) mass is 371 g/mol. The molecule has 0 aliphatic carbocycles. The van der Waals surface area contributed by atoms with E-state index >= 15 is 0 Å². The normalized spacial score (nSPS) is 17.8. The van der Waals surface area contributed by atoms with Crippen molar-refractivity contribution in [2.24, 2.45) is 5.92 Å². The number of likely N-dealkylation sites (tertiary alicyclic amines) is 1. The van der Waals surface area contributed by atoms with Crippen LogP contribution in [0.25, 0.3) is 5.69 Å². The number of aromatic nitrogens is 2. The van der Waals surface area contributed by atoms with Crippen LogP contribution < -0.4 is 5.32 Å². The summed E-state index contributed by atoms with van der Waals surface area (Å²) in [6.45, 7) is 7.14. The van der Waals surface area contributed by atoms with Gasteiger partial charge < -0.3 is 10.2 Å². The fourth-order valence-corrected chi connectivity index (χ4v) is 3.40. The molecule has 2 aromatic rings. The SMILES string of the molecule is CC(C)N1CCC[C@@H](CNC(=O)c2ccn(-c3cccc([N+](=O)[O-])c3)n2)C1. The second-order valence-corrected chi connectivity index (χ2v) is 7.23. The van der Waals surface area contributed by atoms with Crippen LogP contribution in [0, 0.1) is 16.0 Å².